The van der Waals surface area contributed by atoms with E-state index in [0.29, 0.717) is 6.04 Å². The molecular weight excluding hydrogens is 214 g/mol. The monoisotopic (exact) mass is 243 g/mol. The van der Waals surface area contributed by atoms with Crippen LogP contribution in [0.4, 0.5) is 0 Å². The van der Waals surface area contributed by atoms with Gasteiger partial charge < -0.3 is 15.3 Å². The maximum Gasteiger partial charge on any atom is 0.0623 e. The van der Waals surface area contributed by atoms with Crippen LogP contribution in [0.3, 0.4) is 0 Å². The smallest absolute Gasteiger partial charge is 0.0623 e. The van der Waals surface area contributed by atoms with Crippen LogP contribution < -0.4 is 5.32 Å². The fraction of sp³-hybridized carbons (Fsp3) is 1.00. The molecule has 0 bridgehead atoms. The Morgan fingerprint density at radius 1 is 1.41 bits per heavy atom. The molecule has 0 aromatic rings. The van der Waals surface area contributed by atoms with E-state index in [0.717, 1.165) is 39.1 Å². The van der Waals surface area contributed by atoms with Crippen molar-refractivity contribution in [3.8, 4) is 0 Å². The Kier molecular flexibility index (Phi) is 5.86. The van der Waals surface area contributed by atoms with Crippen LogP contribution >= 0.6 is 0 Å². The lowest BCUT2D eigenvalue weighted by Gasteiger charge is -2.42. The molecule has 4 nitrogen and oxygen atoms in total. The van der Waals surface area contributed by atoms with Gasteiger partial charge in [0, 0.05) is 32.2 Å². The van der Waals surface area contributed by atoms with E-state index in [1.807, 2.05) is 0 Å². The van der Waals surface area contributed by atoms with E-state index in [9.17, 15) is 5.11 Å². The highest BCUT2D eigenvalue weighted by atomic mass is 16.3. The summed E-state index contributed by atoms with van der Waals surface area (Å²) >= 11 is 0. The molecule has 1 heterocycles. The fourth-order valence-corrected chi connectivity index (χ4v) is 2.35. The fourth-order valence-electron chi connectivity index (χ4n) is 2.35. The van der Waals surface area contributed by atoms with Crippen LogP contribution in [-0.2, 0) is 0 Å². The number of hydrogen-bond acceptors (Lipinski definition) is 4. The number of nitrogens with one attached hydrogen (secondary N) is 1. The quantitative estimate of drug-likeness (QED) is 0.707. The number of aliphatic hydroxyl groups is 1. The molecule has 1 saturated heterocycles. The van der Waals surface area contributed by atoms with Crippen LogP contribution in [0, 0.1) is 0 Å². The first kappa shape index (κ1) is 14.9. The Hall–Kier alpha value is -0.160. The molecule has 1 fully saturated rings. The molecule has 1 rings (SSSR count). The molecule has 0 aromatic carbocycles. The third kappa shape index (κ3) is 4.54. The van der Waals surface area contributed by atoms with Crippen molar-refractivity contribution < 1.29 is 5.11 Å². The van der Waals surface area contributed by atoms with Crippen molar-refractivity contribution in [3.63, 3.8) is 0 Å². The summed E-state index contributed by atoms with van der Waals surface area (Å²) in [4.78, 5) is 4.86. The van der Waals surface area contributed by atoms with Gasteiger partial charge in [0.2, 0.25) is 0 Å². The number of rotatable bonds is 6. The van der Waals surface area contributed by atoms with Crippen molar-refractivity contribution in [2.24, 2.45) is 0 Å². The molecule has 0 radical (unpaired) electrons. The molecule has 2 N–H and O–H groups in total. The van der Waals surface area contributed by atoms with Crippen molar-refractivity contribution in [2.75, 3.05) is 46.4 Å². The molecule has 17 heavy (non-hydrogen) atoms. The normalized spacial score (nSPS) is 27.0. The topological polar surface area (TPSA) is 38.7 Å². The number of likely N-dealkylation sites (N-methyl/N-ethyl adjacent to an activating group) is 1. The number of hydrogen-bond donors (Lipinski definition) is 2. The maximum atomic E-state index is 9.56. The average molecular weight is 243 g/mol. The molecule has 1 aliphatic heterocycles. The molecular formula is C13H29N3O. The second kappa shape index (κ2) is 6.69. The molecule has 0 aliphatic carbocycles. The highest BCUT2D eigenvalue weighted by molar-refractivity contribution is 4.88. The molecule has 2 atom stereocenters. The van der Waals surface area contributed by atoms with Gasteiger partial charge >= 0.3 is 0 Å². The van der Waals surface area contributed by atoms with Crippen LogP contribution in [0.1, 0.15) is 27.2 Å². The van der Waals surface area contributed by atoms with Crippen LogP contribution in [0.15, 0.2) is 0 Å². The Morgan fingerprint density at radius 2 is 2.12 bits per heavy atom. The van der Waals surface area contributed by atoms with Gasteiger partial charge in [-0.05, 0) is 33.9 Å². The minimum atomic E-state index is -0.161. The average Bonchev–Trinajstić information content (AvgIpc) is 2.31. The third-order valence-corrected chi connectivity index (χ3v) is 3.77. The van der Waals surface area contributed by atoms with Crippen LogP contribution in [0.25, 0.3) is 0 Å². The van der Waals surface area contributed by atoms with E-state index >= 15 is 0 Å². The number of nitrogens with zero attached hydrogens (tertiary/aromatic N) is 2. The number of aliphatic hydroxyl groups excluding tert-OH is 1. The summed E-state index contributed by atoms with van der Waals surface area (Å²) in [5.74, 6) is 0. The van der Waals surface area contributed by atoms with E-state index in [1.54, 1.807) is 0 Å². The predicted molar refractivity (Wildman–Crippen MR) is 72.3 cm³/mol. The standard InChI is InChI=1S/C13H29N3O/c1-5-6-14-13(3,11-17)10-16-8-7-15(4)12(2)9-16/h12,14,17H,5-11H2,1-4H3. The first-order valence-corrected chi connectivity index (χ1v) is 6.79. The first-order valence-electron chi connectivity index (χ1n) is 6.79. The Labute approximate surface area is 106 Å². The van der Waals surface area contributed by atoms with Gasteiger partial charge in [0.15, 0.2) is 0 Å². The van der Waals surface area contributed by atoms with Crippen LogP contribution in [-0.4, -0.2) is 72.9 Å². The van der Waals surface area contributed by atoms with Crippen LogP contribution in [0.5, 0.6) is 0 Å². The van der Waals surface area contributed by atoms with E-state index in [1.165, 1.54) is 0 Å². The van der Waals surface area contributed by atoms with E-state index < -0.39 is 0 Å². The van der Waals surface area contributed by atoms with Gasteiger partial charge in [0.1, 0.15) is 0 Å². The highest BCUT2D eigenvalue weighted by Gasteiger charge is 2.29. The zero-order chi connectivity index (χ0) is 12.9. The van der Waals surface area contributed by atoms with Crippen molar-refractivity contribution in [1.82, 2.24) is 15.1 Å². The Bertz CT molecular complexity index is 225. The molecule has 102 valence electrons. The molecule has 2 unspecified atom stereocenters. The number of piperazine rings is 1. The Morgan fingerprint density at radius 3 is 2.65 bits per heavy atom. The molecule has 1 aliphatic rings. The first-order chi connectivity index (χ1) is 8.00. The lowest BCUT2D eigenvalue weighted by Crippen LogP contribution is -2.59. The predicted octanol–water partition coefficient (Wildman–Crippen LogP) is 0.373. The summed E-state index contributed by atoms with van der Waals surface area (Å²) in [6.45, 7) is 12.0. The van der Waals surface area contributed by atoms with Gasteiger partial charge in [-0.15, -0.1) is 0 Å². The zero-order valence-electron chi connectivity index (χ0n) is 11.9. The minimum absolute atomic E-state index is 0.161. The molecule has 0 amide bonds. The van der Waals surface area contributed by atoms with Gasteiger partial charge in [-0.25, -0.2) is 0 Å². The van der Waals surface area contributed by atoms with Gasteiger partial charge in [0.25, 0.3) is 0 Å². The summed E-state index contributed by atoms with van der Waals surface area (Å²) in [6.07, 6.45) is 1.11. The second-order valence-corrected chi connectivity index (χ2v) is 5.71. The molecule has 0 spiro atoms. The maximum absolute atomic E-state index is 9.56. The van der Waals surface area contributed by atoms with Crippen molar-refractivity contribution in [1.29, 1.82) is 0 Å². The molecule has 4 heteroatoms. The summed E-state index contributed by atoms with van der Waals surface area (Å²) in [7, 11) is 2.18. The SMILES string of the molecule is CCCNC(C)(CO)CN1CCN(C)C(C)C1. The van der Waals surface area contributed by atoms with E-state index in [2.05, 4.69) is 42.9 Å². The minimum Gasteiger partial charge on any atom is -0.394 e. The summed E-state index contributed by atoms with van der Waals surface area (Å²) in [5.41, 5.74) is -0.161. The van der Waals surface area contributed by atoms with Crippen molar-refractivity contribution in [3.05, 3.63) is 0 Å². The summed E-state index contributed by atoms with van der Waals surface area (Å²) in [5, 5.41) is 13.0. The van der Waals surface area contributed by atoms with Crippen molar-refractivity contribution in [2.45, 2.75) is 38.8 Å². The lowest BCUT2D eigenvalue weighted by atomic mass is 10.0. The Balaban J connectivity index is 2.45. The van der Waals surface area contributed by atoms with E-state index in [-0.39, 0.29) is 12.1 Å². The summed E-state index contributed by atoms with van der Waals surface area (Å²) in [6, 6.07) is 0.609. The van der Waals surface area contributed by atoms with Gasteiger partial charge in [-0.1, -0.05) is 6.92 Å². The largest absolute Gasteiger partial charge is 0.394 e. The van der Waals surface area contributed by atoms with Gasteiger partial charge in [0.05, 0.1) is 12.1 Å². The third-order valence-electron chi connectivity index (χ3n) is 3.77. The van der Waals surface area contributed by atoms with Crippen LogP contribution in [0.2, 0.25) is 0 Å². The summed E-state index contributed by atoms with van der Waals surface area (Å²) < 4.78 is 0. The molecule has 0 saturated carbocycles. The molecule has 0 aromatic heterocycles. The van der Waals surface area contributed by atoms with Crippen molar-refractivity contribution >= 4 is 0 Å². The second-order valence-electron chi connectivity index (χ2n) is 5.71. The zero-order valence-corrected chi connectivity index (χ0v) is 11.9. The van der Waals surface area contributed by atoms with Gasteiger partial charge in [-0.3, -0.25) is 4.90 Å². The lowest BCUT2D eigenvalue weighted by molar-refractivity contribution is 0.0622. The van der Waals surface area contributed by atoms with Gasteiger partial charge in [-0.2, -0.15) is 0 Å². The van der Waals surface area contributed by atoms with E-state index in [4.69, 9.17) is 0 Å². The highest BCUT2D eigenvalue weighted by Crippen LogP contribution is 2.12.